The molecule has 130 valence electrons. The average Bonchev–Trinajstić information content (AvgIpc) is 2.71. The standard InChI is InChI=1S/C21H21N5/c22-14-19(15-23)16-24-20-6-8-21(9-7-20)26-12-10-25(11-13-26)17-18-4-2-1-3-5-18/h1-9,16,24H,10-13,17H2. The number of allylic oxidation sites excluding steroid dienone is 1. The lowest BCUT2D eigenvalue weighted by Gasteiger charge is -2.36. The van der Waals surface area contributed by atoms with E-state index in [2.05, 4.69) is 57.6 Å². The summed E-state index contributed by atoms with van der Waals surface area (Å²) in [5.74, 6) is 0. The molecule has 5 heteroatoms. The summed E-state index contributed by atoms with van der Waals surface area (Å²) in [7, 11) is 0. The highest BCUT2D eigenvalue weighted by Gasteiger charge is 2.17. The molecule has 0 unspecified atom stereocenters. The third-order valence-electron chi connectivity index (χ3n) is 4.48. The lowest BCUT2D eigenvalue weighted by molar-refractivity contribution is 0.250. The van der Waals surface area contributed by atoms with Crippen molar-refractivity contribution >= 4 is 11.4 Å². The summed E-state index contributed by atoms with van der Waals surface area (Å²) < 4.78 is 0. The van der Waals surface area contributed by atoms with E-state index in [9.17, 15) is 0 Å². The van der Waals surface area contributed by atoms with Gasteiger partial charge in [0.25, 0.3) is 0 Å². The van der Waals surface area contributed by atoms with Crippen molar-refractivity contribution in [3.8, 4) is 12.1 Å². The van der Waals surface area contributed by atoms with E-state index in [0.717, 1.165) is 38.4 Å². The molecule has 0 atom stereocenters. The van der Waals surface area contributed by atoms with Gasteiger partial charge < -0.3 is 10.2 Å². The number of nitrogens with one attached hydrogen (secondary N) is 1. The van der Waals surface area contributed by atoms with Crippen LogP contribution in [0.2, 0.25) is 0 Å². The average molecular weight is 343 g/mol. The lowest BCUT2D eigenvalue weighted by Crippen LogP contribution is -2.45. The van der Waals surface area contributed by atoms with Gasteiger partial charge in [-0.25, -0.2) is 0 Å². The maximum Gasteiger partial charge on any atom is 0.145 e. The Morgan fingerprint density at radius 2 is 1.58 bits per heavy atom. The van der Waals surface area contributed by atoms with Gasteiger partial charge in [0.05, 0.1) is 0 Å². The zero-order valence-corrected chi connectivity index (χ0v) is 14.6. The van der Waals surface area contributed by atoms with Crippen molar-refractivity contribution in [2.45, 2.75) is 6.54 Å². The normalized spacial score (nSPS) is 14.2. The van der Waals surface area contributed by atoms with Gasteiger partial charge in [0, 0.05) is 50.3 Å². The molecule has 1 aliphatic rings. The Balaban J connectivity index is 1.52. The van der Waals surface area contributed by atoms with Gasteiger partial charge in [-0.15, -0.1) is 0 Å². The van der Waals surface area contributed by atoms with Gasteiger partial charge >= 0.3 is 0 Å². The van der Waals surface area contributed by atoms with E-state index in [1.165, 1.54) is 17.5 Å². The van der Waals surface area contributed by atoms with Crippen molar-refractivity contribution in [3.05, 3.63) is 71.9 Å². The molecule has 0 aliphatic carbocycles. The van der Waals surface area contributed by atoms with Crippen molar-refractivity contribution in [3.63, 3.8) is 0 Å². The summed E-state index contributed by atoms with van der Waals surface area (Å²) in [5, 5.41) is 20.5. The van der Waals surface area contributed by atoms with Crippen molar-refractivity contribution < 1.29 is 0 Å². The second kappa shape index (κ2) is 8.71. The predicted molar refractivity (Wildman–Crippen MR) is 103 cm³/mol. The van der Waals surface area contributed by atoms with E-state index >= 15 is 0 Å². The fourth-order valence-corrected chi connectivity index (χ4v) is 3.02. The van der Waals surface area contributed by atoms with Crippen LogP contribution < -0.4 is 10.2 Å². The molecule has 0 amide bonds. The predicted octanol–water partition coefficient (Wildman–Crippen LogP) is 3.35. The first kappa shape index (κ1) is 17.5. The van der Waals surface area contributed by atoms with E-state index in [1.807, 2.05) is 24.3 Å². The first-order valence-electron chi connectivity index (χ1n) is 8.66. The summed E-state index contributed by atoms with van der Waals surface area (Å²) in [4.78, 5) is 4.87. The highest BCUT2D eigenvalue weighted by Crippen LogP contribution is 2.20. The second-order valence-electron chi connectivity index (χ2n) is 6.22. The van der Waals surface area contributed by atoms with Crippen LogP contribution in [0.15, 0.2) is 66.4 Å². The van der Waals surface area contributed by atoms with Crippen molar-refractivity contribution in [2.75, 3.05) is 36.4 Å². The molecule has 1 aliphatic heterocycles. The Bertz CT molecular complexity index is 803. The number of hydrogen-bond acceptors (Lipinski definition) is 5. The number of benzene rings is 2. The lowest BCUT2D eigenvalue weighted by atomic mass is 10.2. The van der Waals surface area contributed by atoms with Gasteiger partial charge in [0.1, 0.15) is 17.7 Å². The van der Waals surface area contributed by atoms with Crippen LogP contribution in [0.4, 0.5) is 11.4 Å². The van der Waals surface area contributed by atoms with Crippen molar-refractivity contribution in [1.29, 1.82) is 10.5 Å². The van der Waals surface area contributed by atoms with Gasteiger partial charge in [-0.2, -0.15) is 10.5 Å². The number of anilines is 2. The smallest absolute Gasteiger partial charge is 0.145 e. The molecule has 2 aromatic rings. The Hall–Kier alpha value is -3.28. The third kappa shape index (κ3) is 4.63. The quantitative estimate of drug-likeness (QED) is 0.843. The van der Waals surface area contributed by atoms with E-state index in [0.29, 0.717) is 0 Å². The molecule has 1 saturated heterocycles. The molecule has 0 spiro atoms. The van der Waals surface area contributed by atoms with Crippen LogP contribution in [0.1, 0.15) is 5.56 Å². The SMILES string of the molecule is N#CC(C#N)=CNc1ccc(N2CCN(Cc3ccccc3)CC2)cc1. The molecule has 0 aromatic heterocycles. The second-order valence-corrected chi connectivity index (χ2v) is 6.22. The molecule has 0 radical (unpaired) electrons. The largest absolute Gasteiger partial charge is 0.369 e. The first-order chi connectivity index (χ1) is 12.8. The Morgan fingerprint density at radius 3 is 2.19 bits per heavy atom. The fourth-order valence-electron chi connectivity index (χ4n) is 3.02. The van der Waals surface area contributed by atoms with E-state index in [-0.39, 0.29) is 5.57 Å². The van der Waals surface area contributed by atoms with Crippen LogP contribution in [0.25, 0.3) is 0 Å². The molecule has 1 fully saturated rings. The Labute approximate surface area is 154 Å². The monoisotopic (exact) mass is 343 g/mol. The Morgan fingerprint density at radius 1 is 0.923 bits per heavy atom. The number of nitriles is 2. The first-order valence-corrected chi connectivity index (χ1v) is 8.66. The molecule has 2 aromatic carbocycles. The molecule has 0 saturated carbocycles. The van der Waals surface area contributed by atoms with Gasteiger partial charge in [-0.05, 0) is 29.8 Å². The fraction of sp³-hybridized carbons (Fsp3) is 0.238. The molecule has 1 heterocycles. The van der Waals surface area contributed by atoms with Crippen LogP contribution in [-0.4, -0.2) is 31.1 Å². The third-order valence-corrected chi connectivity index (χ3v) is 4.48. The van der Waals surface area contributed by atoms with E-state index in [4.69, 9.17) is 10.5 Å². The molecule has 5 nitrogen and oxygen atoms in total. The minimum atomic E-state index is 0.0589. The number of nitrogens with zero attached hydrogens (tertiary/aromatic N) is 4. The highest BCUT2D eigenvalue weighted by atomic mass is 15.3. The van der Waals surface area contributed by atoms with Crippen LogP contribution in [0.5, 0.6) is 0 Å². The molecule has 0 bridgehead atoms. The maximum atomic E-state index is 8.74. The summed E-state index contributed by atoms with van der Waals surface area (Å²) in [5.41, 5.74) is 3.47. The number of hydrogen-bond donors (Lipinski definition) is 1. The van der Waals surface area contributed by atoms with Crippen molar-refractivity contribution in [2.24, 2.45) is 0 Å². The molecule has 3 rings (SSSR count). The van der Waals surface area contributed by atoms with Gasteiger partial charge in [0.2, 0.25) is 0 Å². The zero-order chi connectivity index (χ0) is 18.2. The minimum Gasteiger partial charge on any atom is -0.369 e. The van der Waals surface area contributed by atoms with Crippen LogP contribution in [-0.2, 0) is 6.54 Å². The van der Waals surface area contributed by atoms with Gasteiger partial charge in [-0.3, -0.25) is 4.90 Å². The summed E-state index contributed by atoms with van der Waals surface area (Å²) in [6, 6.07) is 22.3. The highest BCUT2D eigenvalue weighted by molar-refractivity contribution is 5.57. The van der Waals surface area contributed by atoms with Gasteiger partial charge in [-0.1, -0.05) is 30.3 Å². The van der Waals surface area contributed by atoms with Gasteiger partial charge in [0.15, 0.2) is 0 Å². The Kier molecular flexibility index (Phi) is 5.88. The summed E-state index contributed by atoms with van der Waals surface area (Å²) in [6.45, 7) is 5.11. The molecular weight excluding hydrogens is 322 g/mol. The van der Waals surface area contributed by atoms with Crippen LogP contribution >= 0.6 is 0 Å². The maximum absolute atomic E-state index is 8.74. The van der Waals surface area contributed by atoms with E-state index < -0.39 is 0 Å². The van der Waals surface area contributed by atoms with Crippen LogP contribution in [0.3, 0.4) is 0 Å². The minimum absolute atomic E-state index is 0.0589. The topological polar surface area (TPSA) is 66.1 Å². The number of rotatable bonds is 5. The summed E-state index contributed by atoms with van der Waals surface area (Å²) >= 11 is 0. The molecule has 1 N–H and O–H groups in total. The zero-order valence-electron chi connectivity index (χ0n) is 14.6. The molecule has 26 heavy (non-hydrogen) atoms. The van der Waals surface area contributed by atoms with Crippen molar-refractivity contribution in [1.82, 2.24) is 4.90 Å². The number of piperazine rings is 1. The van der Waals surface area contributed by atoms with E-state index in [1.54, 1.807) is 0 Å². The summed E-state index contributed by atoms with van der Waals surface area (Å²) in [6.07, 6.45) is 1.43. The molecular formula is C21H21N5. The van der Waals surface area contributed by atoms with Crippen LogP contribution in [0, 0.1) is 22.7 Å².